The van der Waals surface area contributed by atoms with E-state index in [1.807, 2.05) is 49.3 Å². The summed E-state index contributed by atoms with van der Waals surface area (Å²) >= 11 is 6.77. The van der Waals surface area contributed by atoms with Gasteiger partial charge in [-0.1, -0.05) is 41.9 Å². The summed E-state index contributed by atoms with van der Waals surface area (Å²) < 4.78 is 26.4. The van der Waals surface area contributed by atoms with Crippen molar-refractivity contribution < 1.29 is 13.2 Å². The highest BCUT2D eigenvalue weighted by atomic mass is 35.5. The fraction of sp³-hybridized carbons (Fsp3) is 0.353. The van der Waals surface area contributed by atoms with Gasteiger partial charge in [0.05, 0.1) is 16.9 Å². The molecule has 0 fully saturated rings. The Balaban J connectivity index is 1.97. The van der Waals surface area contributed by atoms with Crippen LogP contribution in [0.2, 0.25) is 4.34 Å². The maximum absolute atomic E-state index is 12.4. The van der Waals surface area contributed by atoms with Crippen LogP contribution in [0.25, 0.3) is 0 Å². The summed E-state index contributed by atoms with van der Waals surface area (Å²) in [6.07, 6.45) is 0. The van der Waals surface area contributed by atoms with Gasteiger partial charge in [-0.25, -0.2) is 8.42 Å². The van der Waals surface area contributed by atoms with Gasteiger partial charge in [0.2, 0.25) is 5.91 Å². The Bertz CT molecular complexity index is 838. The lowest BCUT2D eigenvalue weighted by Crippen LogP contribution is -2.41. The molecule has 0 unspecified atom stereocenters. The molecule has 0 aliphatic heterocycles. The largest absolute Gasteiger partial charge is 0.353 e. The predicted molar refractivity (Wildman–Crippen MR) is 105 cm³/mol. The van der Waals surface area contributed by atoms with Gasteiger partial charge in [0.25, 0.3) is 10.0 Å². The lowest BCUT2D eigenvalue weighted by atomic mass is 10.1. The van der Waals surface area contributed by atoms with Gasteiger partial charge in [-0.2, -0.15) is 4.31 Å². The van der Waals surface area contributed by atoms with Crippen molar-refractivity contribution in [3.8, 4) is 0 Å². The molecule has 142 valence electrons. The minimum atomic E-state index is -3.72. The number of hydrogen-bond donors (Lipinski definition) is 1. The molecule has 6 nitrogen and oxygen atoms in total. The van der Waals surface area contributed by atoms with Crippen LogP contribution >= 0.6 is 22.9 Å². The fourth-order valence-electron chi connectivity index (χ4n) is 2.42. The molecule has 0 spiro atoms. The van der Waals surface area contributed by atoms with Crippen LogP contribution in [-0.2, 0) is 14.8 Å². The van der Waals surface area contributed by atoms with Crippen LogP contribution in [0.1, 0.15) is 11.6 Å². The fourth-order valence-corrected chi connectivity index (χ4v) is 5.24. The van der Waals surface area contributed by atoms with Crippen LogP contribution in [0.3, 0.4) is 0 Å². The van der Waals surface area contributed by atoms with Crippen molar-refractivity contribution in [2.75, 3.05) is 34.2 Å². The third-order valence-electron chi connectivity index (χ3n) is 3.88. The van der Waals surface area contributed by atoms with Crippen molar-refractivity contribution in [2.24, 2.45) is 0 Å². The third-order valence-corrected chi connectivity index (χ3v) is 7.38. The summed E-state index contributed by atoms with van der Waals surface area (Å²) in [7, 11) is 1.52. The minimum absolute atomic E-state index is 0.00170. The van der Waals surface area contributed by atoms with Gasteiger partial charge in [-0.3, -0.25) is 4.79 Å². The molecule has 0 bridgehead atoms. The van der Waals surface area contributed by atoms with Gasteiger partial charge >= 0.3 is 0 Å². The molecule has 2 rings (SSSR count). The lowest BCUT2D eigenvalue weighted by molar-refractivity contribution is -0.121. The maximum Gasteiger partial charge on any atom is 0.252 e. The van der Waals surface area contributed by atoms with Crippen molar-refractivity contribution in [2.45, 2.75) is 10.3 Å². The van der Waals surface area contributed by atoms with Gasteiger partial charge in [0.1, 0.15) is 4.21 Å². The van der Waals surface area contributed by atoms with Crippen molar-refractivity contribution in [3.05, 3.63) is 52.4 Å². The Kier molecular flexibility index (Phi) is 7.19. The zero-order valence-electron chi connectivity index (χ0n) is 14.8. The quantitative estimate of drug-likeness (QED) is 0.718. The predicted octanol–water partition coefficient (Wildman–Crippen LogP) is 2.44. The lowest BCUT2D eigenvalue weighted by Gasteiger charge is -2.25. The molecule has 0 saturated carbocycles. The number of nitrogens with zero attached hydrogens (tertiary/aromatic N) is 2. The van der Waals surface area contributed by atoms with Gasteiger partial charge in [0.15, 0.2) is 0 Å². The highest BCUT2D eigenvalue weighted by Crippen LogP contribution is 2.27. The number of likely N-dealkylation sites (N-methyl/N-ethyl adjacent to an activating group) is 2. The summed E-state index contributed by atoms with van der Waals surface area (Å²) in [5.41, 5.74) is 1.08. The Morgan fingerprint density at radius 3 is 2.35 bits per heavy atom. The second-order valence-electron chi connectivity index (χ2n) is 6.01. The molecule has 0 aliphatic rings. The first-order valence-corrected chi connectivity index (χ1v) is 10.5. The molecule has 1 heterocycles. The summed E-state index contributed by atoms with van der Waals surface area (Å²) in [4.78, 5) is 14.2. The van der Waals surface area contributed by atoms with Crippen LogP contribution in [0, 0.1) is 0 Å². The van der Waals surface area contributed by atoms with E-state index in [0.717, 1.165) is 21.2 Å². The molecule has 1 atom stereocenters. The van der Waals surface area contributed by atoms with E-state index in [1.165, 1.54) is 19.2 Å². The number of hydrogen-bond acceptors (Lipinski definition) is 5. The number of carbonyl (C=O) groups is 1. The van der Waals surface area contributed by atoms with E-state index in [4.69, 9.17) is 11.6 Å². The van der Waals surface area contributed by atoms with Crippen LogP contribution < -0.4 is 5.32 Å². The molecule has 0 aliphatic carbocycles. The molecule has 9 heteroatoms. The average Bonchev–Trinajstić information content (AvgIpc) is 3.03. The highest BCUT2D eigenvalue weighted by molar-refractivity contribution is 7.91. The average molecular weight is 416 g/mol. The number of carbonyl (C=O) groups excluding carboxylic acids is 1. The van der Waals surface area contributed by atoms with Crippen LogP contribution in [0.5, 0.6) is 0 Å². The topological polar surface area (TPSA) is 69.7 Å². The Morgan fingerprint density at radius 2 is 1.81 bits per heavy atom. The van der Waals surface area contributed by atoms with Gasteiger partial charge < -0.3 is 10.2 Å². The van der Waals surface area contributed by atoms with Crippen molar-refractivity contribution in [1.29, 1.82) is 0 Å². The highest BCUT2D eigenvalue weighted by Gasteiger charge is 2.25. The van der Waals surface area contributed by atoms with E-state index >= 15 is 0 Å². The molecule has 0 saturated heterocycles. The number of benzene rings is 1. The summed E-state index contributed by atoms with van der Waals surface area (Å²) in [5, 5.41) is 2.81. The maximum atomic E-state index is 12.4. The number of nitrogens with one attached hydrogen (secondary N) is 1. The van der Waals surface area contributed by atoms with Crippen LogP contribution in [0.4, 0.5) is 0 Å². The number of thiophene rings is 1. The molecular weight excluding hydrogens is 394 g/mol. The van der Waals surface area contributed by atoms with Gasteiger partial charge in [-0.15, -0.1) is 11.3 Å². The molecule has 2 aromatic rings. The van der Waals surface area contributed by atoms with Crippen LogP contribution in [0.15, 0.2) is 46.7 Å². The van der Waals surface area contributed by atoms with Crippen molar-refractivity contribution in [1.82, 2.24) is 14.5 Å². The van der Waals surface area contributed by atoms with Crippen LogP contribution in [-0.4, -0.2) is 57.8 Å². The molecular formula is C17H22ClN3O3S2. The molecule has 1 aromatic carbocycles. The molecule has 26 heavy (non-hydrogen) atoms. The smallest absolute Gasteiger partial charge is 0.252 e. The second-order valence-corrected chi connectivity index (χ2v) is 10.0. The number of halogens is 1. The first-order chi connectivity index (χ1) is 12.2. The summed E-state index contributed by atoms with van der Waals surface area (Å²) in [6.45, 7) is 0.126. The normalized spacial score (nSPS) is 13.2. The van der Waals surface area contributed by atoms with Crippen molar-refractivity contribution >= 4 is 38.9 Å². The minimum Gasteiger partial charge on any atom is -0.353 e. The molecule has 1 aromatic heterocycles. The van der Waals surface area contributed by atoms with E-state index in [2.05, 4.69) is 5.32 Å². The SMILES string of the molecule is CN(C)[C@H](CNC(=O)CN(C)S(=O)(=O)c1ccc(Cl)s1)c1ccccc1. The second kappa shape index (κ2) is 8.96. The Morgan fingerprint density at radius 1 is 1.15 bits per heavy atom. The Labute approximate surface area is 163 Å². The number of amides is 1. The first-order valence-electron chi connectivity index (χ1n) is 7.91. The molecule has 1 amide bonds. The van der Waals surface area contributed by atoms with Crippen molar-refractivity contribution in [3.63, 3.8) is 0 Å². The van der Waals surface area contributed by atoms with E-state index < -0.39 is 10.0 Å². The first kappa shape index (κ1) is 20.9. The Hall–Kier alpha value is -1.45. The van der Waals surface area contributed by atoms with Gasteiger partial charge in [-0.05, 0) is 31.8 Å². The van der Waals surface area contributed by atoms with E-state index in [-0.39, 0.29) is 22.7 Å². The zero-order valence-corrected chi connectivity index (χ0v) is 17.2. The summed E-state index contributed by atoms with van der Waals surface area (Å²) in [5.74, 6) is -0.360. The van der Waals surface area contributed by atoms with Gasteiger partial charge in [0, 0.05) is 13.6 Å². The standard InChI is InChI=1S/C17H22ClN3O3S2/c1-20(2)14(13-7-5-4-6-8-13)11-19-16(22)12-21(3)26(23,24)17-10-9-15(18)25-17/h4-10,14H,11-12H2,1-3H3,(H,19,22)/t14-/m1/s1. The number of sulfonamides is 1. The van der Waals surface area contributed by atoms with E-state index in [9.17, 15) is 13.2 Å². The molecule has 0 radical (unpaired) electrons. The monoisotopic (exact) mass is 415 g/mol. The van der Waals surface area contributed by atoms with E-state index in [0.29, 0.717) is 10.9 Å². The number of rotatable bonds is 8. The van der Waals surface area contributed by atoms with E-state index in [1.54, 1.807) is 0 Å². The summed E-state index contributed by atoms with van der Waals surface area (Å²) in [6, 6.07) is 12.8. The third kappa shape index (κ3) is 5.28. The molecule has 1 N–H and O–H groups in total. The zero-order chi connectivity index (χ0) is 19.3.